The monoisotopic (exact) mass is 321 g/mol. The summed E-state index contributed by atoms with van der Waals surface area (Å²) in [7, 11) is 1.59. The molecule has 1 amide bonds. The van der Waals surface area contributed by atoms with E-state index in [1.54, 1.807) is 12.5 Å². The number of amides is 1. The first-order valence-electron chi connectivity index (χ1n) is 6.86. The van der Waals surface area contributed by atoms with E-state index < -0.39 is 0 Å². The third kappa shape index (κ3) is 4.19. The molecule has 6 nitrogen and oxygen atoms in total. The predicted molar refractivity (Wildman–Crippen MR) is 85.4 cm³/mol. The van der Waals surface area contributed by atoms with Crippen LogP contribution in [0.4, 0.5) is 0 Å². The molecule has 2 aromatic rings. The van der Waals surface area contributed by atoms with E-state index in [1.165, 1.54) is 11.3 Å². The number of thiazole rings is 1. The van der Waals surface area contributed by atoms with Crippen molar-refractivity contribution in [1.29, 1.82) is 0 Å². The van der Waals surface area contributed by atoms with Crippen molar-refractivity contribution in [3.8, 4) is 11.5 Å². The lowest BCUT2D eigenvalue weighted by molar-refractivity contribution is 0.0927. The number of hydrogen-bond acceptors (Lipinski definition) is 6. The Bertz CT molecular complexity index is 630. The van der Waals surface area contributed by atoms with E-state index in [4.69, 9.17) is 15.2 Å². The second-order valence-corrected chi connectivity index (χ2v) is 5.56. The molecule has 0 aliphatic carbocycles. The molecule has 22 heavy (non-hydrogen) atoms. The molecule has 0 saturated heterocycles. The van der Waals surface area contributed by atoms with Crippen molar-refractivity contribution in [3.05, 3.63) is 40.3 Å². The third-order valence-corrected chi connectivity index (χ3v) is 3.78. The average molecular weight is 321 g/mol. The normalized spacial score (nSPS) is 11.8. The van der Waals surface area contributed by atoms with Gasteiger partial charge in [0, 0.05) is 11.9 Å². The van der Waals surface area contributed by atoms with Gasteiger partial charge in [0.15, 0.2) is 11.5 Å². The van der Waals surface area contributed by atoms with E-state index in [9.17, 15) is 4.79 Å². The maximum Gasteiger partial charge on any atom is 0.270 e. The molecule has 0 aliphatic rings. The number of rotatable bonds is 7. The number of methoxy groups -OCH3 is 1. The second kappa shape index (κ2) is 7.77. The van der Waals surface area contributed by atoms with Crippen molar-refractivity contribution in [2.45, 2.75) is 19.6 Å². The number of benzene rings is 1. The fourth-order valence-electron chi connectivity index (χ4n) is 1.81. The zero-order chi connectivity index (χ0) is 15.9. The van der Waals surface area contributed by atoms with Crippen LogP contribution in [0.1, 0.15) is 22.4 Å². The van der Waals surface area contributed by atoms with E-state index >= 15 is 0 Å². The number of hydrogen-bond donors (Lipinski definition) is 2. The number of carbonyl (C=O) groups excluding carboxylic acids is 1. The van der Waals surface area contributed by atoms with E-state index in [0.717, 1.165) is 5.01 Å². The Morgan fingerprint density at radius 1 is 1.41 bits per heavy atom. The van der Waals surface area contributed by atoms with Crippen LogP contribution in [-0.2, 0) is 6.54 Å². The highest BCUT2D eigenvalue weighted by atomic mass is 32.1. The molecule has 1 aromatic carbocycles. The van der Waals surface area contributed by atoms with Crippen LogP contribution in [0.5, 0.6) is 11.5 Å². The van der Waals surface area contributed by atoms with Crippen LogP contribution in [0.3, 0.4) is 0 Å². The minimum absolute atomic E-state index is 0.201. The van der Waals surface area contributed by atoms with Gasteiger partial charge in [-0.3, -0.25) is 4.79 Å². The smallest absolute Gasteiger partial charge is 0.270 e. The molecule has 0 radical (unpaired) electrons. The van der Waals surface area contributed by atoms with Gasteiger partial charge in [0.05, 0.1) is 13.7 Å². The van der Waals surface area contributed by atoms with Gasteiger partial charge in [-0.1, -0.05) is 12.1 Å². The van der Waals surface area contributed by atoms with Gasteiger partial charge in [0.1, 0.15) is 16.8 Å². The highest BCUT2D eigenvalue weighted by Crippen LogP contribution is 2.26. The molecule has 3 N–H and O–H groups in total. The summed E-state index contributed by atoms with van der Waals surface area (Å²) in [6.07, 6.45) is -0.201. The number of carbonyl (C=O) groups is 1. The van der Waals surface area contributed by atoms with Gasteiger partial charge in [-0.05, 0) is 19.1 Å². The van der Waals surface area contributed by atoms with Crippen molar-refractivity contribution in [2.24, 2.45) is 5.73 Å². The zero-order valence-corrected chi connectivity index (χ0v) is 13.4. The van der Waals surface area contributed by atoms with Crippen LogP contribution in [0, 0.1) is 0 Å². The fraction of sp³-hybridized carbons (Fsp3) is 0.333. The van der Waals surface area contributed by atoms with Crippen molar-refractivity contribution in [3.63, 3.8) is 0 Å². The Labute approximate surface area is 133 Å². The number of nitrogens with zero attached hydrogens (tertiary/aromatic N) is 1. The van der Waals surface area contributed by atoms with E-state index in [2.05, 4.69) is 10.3 Å². The van der Waals surface area contributed by atoms with Crippen molar-refractivity contribution in [1.82, 2.24) is 10.3 Å². The van der Waals surface area contributed by atoms with Crippen molar-refractivity contribution < 1.29 is 14.3 Å². The minimum Gasteiger partial charge on any atom is -0.493 e. The van der Waals surface area contributed by atoms with Gasteiger partial charge < -0.3 is 20.5 Å². The summed E-state index contributed by atoms with van der Waals surface area (Å²) in [5.41, 5.74) is 5.87. The molecule has 0 bridgehead atoms. The van der Waals surface area contributed by atoms with Gasteiger partial charge in [-0.2, -0.15) is 0 Å². The first kappa shape index (κ1) is 16.3. The summed E-state index contributed by atoms with van der Waals surface area (Å²) in [6.45, 7) is 2.58. The maximum absolute atomic E-state index is 12.0. The summed E-state index contributed by atoms with van der Waals surface area (Å²) < 4.78 is 11.0. The molecule has 1 heterocycles. The number of ether oxygens (including phenoxy) is 2. The minimum atomic E-state index is -0.230. The average Bonchev–Trinajstić information content (AvgIpc) is 3.02. The number of para-hydroxylation sites is 2. The largest absolute Gasteiger partial charge is 0.493 e. The lowest BCUT2D eigenvalue weighted by Crippen LogP contribution is -2.33. The highest BCUT2D eigenvalue weighted by Gasteiger charge is 2.13. The lowest BCUT2D eigenvalue weighted by atomic mass is 10.3. The molecule has 0 spiro atoms. The predicted octanol–water partition coefficient (Wildman–Crippen LogP) is 1.81. The van der Waals surface area contributed by atoms with Gasteiger partial charge in [0.25, 0.3) is 5.91 Å². The fourth-order valence-corrected chi connectivity index (χ4v) is 2.47. The van der Waals surface area contributed by atoms with Crippen LogP contribution in [0.2, 0.25) is 0 Å². The molecular weight excluding hydrogens is 302 g/mol. The van der Waals surface area contributed by atoms with Crippen molar-refractivity contribution in [2.75, 3.05) is 13.7 Å². The third-order valence-electron chi connectivity index (χ3n) is 2.91. The lowest BCUT2D eigenvalue weighted by Gasteiger charge is -2.17. The Hall–Kier alpha value is -2.12. The maximum atomic E-state index is 12.0. The van der Waals surface area contributed by atoms with Crippen LogP contribution >= 0.6 is 11.3 Å². The number of nitrogens with one attached hydrogen (secondary N) is 1. The first-order chi connectivity index (χ1) is 10.6. The molecule has 0 fully saturated rings. The quantitative estimate of drug-likeness (QED) is 0.812. The van der Waals surface area contributed by atoms with Gasteiger partial charge in [0.2, 0.25) is 0 Å². The topological polar surface area (TPSA) is 86.5 Å². The zero-order valence-electron chi connectivity index (χ0n) is 12.5. The summed E-state index contributed by atoms with van der Waals surface area (Å²) >= 11 is 1.37. The molecule has 0 aliphatic heterocycles. The van der Waals surface area contributed by atoms with Crippen LogP contribution in [-0.4, -0.2) is 30.6 Å². The summed E-state index contributed by atoms with van der Waals surface area (Å²) in [5, 5.41) is 5.23. The molecule has 0 saturated carbocycles. The molecule has 1 unspecified atom stereocenters. The Morgan fingerprint density at radius 3 is 2.77 bits per heavy atom. The number of aromatic nitrogens is 1. The molecule has 1 aromatic heterocycles. The van der Waals surface area contributed by atoms with E-state index in [-0.39, 0.29) is 12.0 Å². The summed E-state index contributed by atoms with van der Waals surface area (Å²) in [4.78, 5) is 16.1. The first-order valence-corrected chi connectivity index (χ1v) is 7.74. The Kier molecular flexibility index (Phi) is 5.74. The number of nitrogens with two attached hydrogens (primary N) is 1. The standard InChI is InChI=1S/C15H19N3O3S/c1-10(21-13-6-4-3-5-12(13)20-2)8-17-15(19)11-9-22-14(7-16)18-11/h3-6,9-10H,7-8,16H2,1-2H3,(H,17,19). The van der Waals surface area contributed by atoms with E-state index in [0.29, 0.717) is 30.3 Å². The molecule has 2 rings (SSSR count). The highest BCUT2D eigenvalue weighted by molar-refractivity contribution is 7.09. The van der Waals surface area contributed by atoms with Crippen molar-refractivity contribution >= 4 is 17.2 Å². The summed E-state index contributed by atoms with van der Waals surface area (Å²) in [6, 6.07) is 7.39. The van der Waals surface area contributed by atoms with Crippen LogP contribution < -0.4 is 20.5 Å². The van der Waals surface area contributed by atoms with Crippen LogP contribution in [0.15, 0.2) is 29.6 Å². The Balaban J connectivity index is 1.87. The van der Waals surface area contributed by atoms with Gasteiger partial charge in [-0.15, -0.1) is 11.3 Å². The molecular formula is C15H19N3O3S. The molecule has 118 valence electrons. The van der Waals surface area contributed by atoms with E-state index in [1.807, 2.05) is 31.2 Å². The summed E-state index contributed by atoms with van der Waals surface area (Å²) in [5.74, 6) is 1.07. The molecule has 7 heteroatoms. The Morgan fingerprint density at radius 2 is 2.14 bits per heavy atom. The van der Waals surface area contributed by atoms with Gasteiger partial charge >= 0.3 is 0 Å². The van der Waals surface area contributed by atoms with Gasteiger partial charge in [-0.25, -0.2) is 4.98 Å². The molecule has 1 atom stereocenters. The second-order valence-electron chi connectivity index (χ2n) is 4.62. The SMILES string of the molecule is COc1ccccc1OC(C)CNC(=O)c1csc(CN)n1. The van der Waals surface area contributed by atoms with Crippen LogP contribution in [0.25, 0.3) is 0 Å².